The number of hydrogen-bond donors (Lipinski definition) is 0. The zero-order valence-electron chi connectivity index (χ0n) is 16.7. The normalized spacial score (nSPS) is 15.7. The summed E-state index contributed by atoms with van der Waals surface area (Å²) >= 11 is 6.22. The van der Waals surface area contributed by atoms with Crippen molar-refractivity contribution < 1.29 is 13.2 Å². The van der Waals surface area contributed by atoms with E-state index in [1.54, 1.807) is 4.90 Å². The Morgan fingerprint density at radius 3 is 2.31 bits per heavy atom. The summed E-state index contributed by atoms with van der Waals surface area (Å²) in [5.74, 6) is -0.228. The number of carbonyl (C=O) groups is 1. The summed E-state index contributed by atoms with van der Waals surface area (Å²) in [6.45, 7) is 3.70. The lowest BCUT2D eigenvalue weighted by molar-refractivity contribution is 0.0638. The molecule has 0 aromatic heterocycles. The third-order valence-corrected chi connectivity index (χ3v) is 7.31. The average molecular weight is 436 g/mol. The first-order valence-corrected chi connectivity index (χ1v) is 11.4. The highest BCUT2D eigenvalue weighted by Crippen LogP contribution is 2.24. The van der Waals surface area contributed by atoms with E-state index in [0.29, 0.717) is 13.1 Å². The van der Waals surface area contributed by atoms with Crippen LogP contribution in [0.25, 0.3) is 0 Å². The predicted molar refractivity (Wildman–Crippen MR) is 115 cm³/mol. The number of carbonyl (C=O) groups excluding carboxylic acids is 1. The molecule has 8 heteroatoms. The largest absolute Gasteiger partial charge is 0.336 e. The highest BCUT2D eigenvalue weighted by molar-refractivity contribution is 7.89. The number of halogens is 1. The zero-order valence-corrected chi connectivity index (χ0v) is 18.3. The van der Waals surface area contributed by atoms with Crippen molar-refractivity contribution in [1.82, 2.24) is 14.1 Å². The molecular weight excluding hydrogens is 410 g/mol. The Morgan fingerprint density at radius 2 is 1.69 bits per heavy atom. The highest BCUT2D eigenvalue weighted by atomic mass is 35.5. The van der Waals surface area contributed by atoms with E-state index in [2.05, 4.69) is 17.0 Å². The fraction of sp³-hybridized carbons (Fsp3) is 0.381. The molecule has 0 radical (unpaired) electrons. The van der Waals surface area contributed by atoms with Crippen LogP contribution in [-0.2, 0) is 16.4 Å². The molecular formula is C21H26ClN3O3S. The first-order chi connectivity index (χ1) is 13.8. The lowest BCUT2D eigenvalue weighted by Gasteiger charge is -2.35. The summed E-state index contributed by atoms with van der Waals surface area (Å²) < 4.78 is 25.9. The van der Waals surface area contributed by atoms with Crippen LogP contribution in [0.15, 0.2) is 53.4 Å². The van der Waals surface area contributed by atoms with Gasteiger partial charge in [0.1, 0.15) is 0 Å². The molecule has 2 aromatic carbocycles. The summed E-state index contributed by atoms with van der Waals surface area (Å²) in [5, 5.41) is 0.263. The first kappa shape index (κ1) is 21.8. The molecule has 0 unspecified atom stereocenters. The van der Waals surface area contributed by atoms with E-state index in [9.17, 15) is 13.2 Å². The third kappa shape index (κ3) is 5.17. The summed E-state index contributed by atoms with van der Waals surface area (Å²) in [5.41, 5.74) is 1.53. The fourth-order valence-electron chi connectivity index (χ4n) is 3.32. The first-order valence-electron chi connectivity index (χ1n) is 9.56. The Hall–Kier alpha value is -1.93. The van der Waals surface area contributed by atoms with Gasteiger partial charge in [0.15, 0.2) is 0 Å². The molecule has 0 N–H and O–H groups in total. The molecule has 6 nitrogen and oxygen atoms in total. The van der Waals surface area contributed by atoms with Crippen LogP contribution in [0.4, 0.5) is 0 Å². The van der Waals surface area contributed by atoms with Gasteiger partial charge in [-0.05, 0) is 30.2 Å². The van der Waals surface area contributed by atoms with Crippen LogP contribution in [0, 0.1) is 0 Å². The van der Waals surface area contributed by atoms with Crippen LogP contribution in [0.5, 0.6) is 0 Å². The lowest BCUT2D eigenvalue weighted by Crippen LogP contribution is -2.49. The zero-order chi connectivity index (χ0) is 21.0. The lowest BCUT2D eigenvalue weighted by atomic mass is 10.1. The number of benzene rings is 2. The van der Waals surface area contributed by atoms with Crippen molar-refractivity contribution in [2.24, 2.45) is 0 Å². The maximum atomic E-state index is 13.0. The number of amides is 1. The van der Waals surface area contributed by atoms with Crippen LogP contribution in [0.2, 0.25) is 5.02 Å². The van der Waals surface area contributed by atoms with Gasteiger partial charge in [0.05, 0.1) is 15.5 Å². The van der Waals surface area contributed by atoms with Gasteiger partial charge in [-0.25, -0.2) is 12.7 Å². The molecule has 0 saturated carbocycles. The van der Waals surface area contributed by atoms with Crippen LogP contribution in [0.3, 0.4) is 0 Å². The van der Waals surface area contributed by atoms with Crippen molar-refractivity contribution in [1.29, 1.82) is 0 Å². The maximum Gasteiger partial charge on any atom is 0.255 e. The minimum Gasteiger partial charge on any atom is -0.336 e. The Labute approximate surface area is 177 Å². The van der Waals surface area contributed by atoms with Crippen LogP contribution >= 0.6 is 11.6 Å². The maximum absolute atomic E-state index is 13.0. The van der Waals surface area contributed by atoms with E-state index in [-0.39, 0.29) is 21.4 Å². The molecule has 1 amide bonds. The minimum atomic E-state index is -3.63. The van der Waals surface area contributed by atoms with Crippen LogP contribution in [0.1, 0.15) is 15.9 Å². The number of nitrogens with zero attached hydrogens (tertiary/aromatic N) is 3. The number of rotatable bonds is 6. The van der Waals surface area contributed by atoms with Crippen molar-refractivity contribution >= 4 is 27.5 Å². The standard InChI is InChI=1S/C21H26ClN3O3S/c1-23(2)29(27,28)18-8-9-20(22)19(16-18)21(26)25-14-12-24(13-15-25)11-10-17-6-4-3-5-7-17/h3-9,16H,10-15H2,1-2H3. The van der Waals surface area contributed by atoms with Gasteiger partial charge in [0.2, 0.25) is 10.0 Å². The molecule has 0 atom stereocenters. The summed E-state index contributed by atoms with van der Waals surface area (Å²) in [7, 11) is -0.710. The van der Waals surface area contributed by atoms with Crippen LogP contribution in [-0.4, -0.2) is 75.2 Å². The number of piperazine rings is 1. The van der Waals surface area contributed by atoms with E-state index in [4.69, 9.17) is 11.6 Å². The molecule has 1 heterocycles. The van der Waals surface area contributed by atoms with Crippen LogP contribution < -0.4 is 0 Å². The van der Waals surface area contributed by atoms with E-state index < -0.39 is 10.0 Å². The van der Waals surface area contributed by atoms with Crippen molar-refractivity contribution in [2.45, 2.75) is 11.3 Å². The summed E-state index contributed by atoms with van der Waals surface area (Å²) in [6.07, 6.45) is 0.977. The Kier molecular flexibility index (Phi) is 6.95. The average Bonchev–Trinajstić information content (AvgIpc) is 2.73. The molecule has 1 saturated heterocycles. The van der Waals surface area contributed by atoms with Crippen molar-refractivity contribution in [3.8, 4) is 0 Å². The van der Waals surface area contributed by atoms with Gasteiger partial charge in [-0.2, -0.15) is 0 Å². The minimum absolute atomic E-state index is 0.0664. The SMILES string of the molecule is CN(C)S(=O)(=O)c1ccc(Cl)c(C(=O)N2CCN(CCc3ccccc3)CC2)c1. The molecule has 1 fully saturated rings. The summed E-state index contributed by atoms with van der Waals surface area (Å²) in [4.78, 5) is 17.1. The molecule has 1 aliphatic heterocycles. The van der Waals surface area contributed by atoms with Crippen molar-refractivity contribution in [3.63, 3.8) is 0 Å². The van der Waals surface area contributed by atoms with Gasteiger partial charge in [0, 0.05) is 46.8 Å². The second-order valence-electron chi connectivity index (χ2n) is 7.30. The number of sulfonamides is 1. The Balaban J connectivity index is 1.63. The van der Waals surface area contributed by atoms with Crippen molar-refractivity contribution in [3.05, 3.63) is 64.7 Å². The second kappa shape index (κ2) is 9.26. The Bertz CT molecular complexity index is 956. The van der Waals surface area contributed by atoms with E-state index in [1.165, 1.54) is 37.9 Å². The molecule has 0 bridgehead atoms. The smallest absolute Gasteiger partial charge is 0.255 e. The topological polar surface area (TPSA) is 60.9 Å². The molecule has 1 aliphatic rings. The van der Waals surface area contributed by atoms with E-state index >= 15 is 0 Å². The van der Waals surface area contributed by atoms with Gasteiger partial charge in [0.25, 0.3) is 5.91 Å². The van der Waals surface area contributed by atoms with Gasteiger partial charge in [-0.3, -0.25) is 9.69 Å². The van der Waals surface area contributed by atoms with Gasteiger partial charge >= 0.3 is 0 Å². The monoisotopic (exact) mass is 435 g/mol. The van der Waals surface area contributed by atoms with Gasteiger partial charge < -0.3 is 4.90 Å². The van der Waals surface area contributed by atoms with Crippen molar-refractivity contribution in [2.75, 3.05) is 46.8 Å². The highest BCUT2D eigenvalue weighted by Gasteiger charge is 2.26. The summed E-state index contributed by atoms with van der Waals surface area (Å²) in [6, 6.07) is 14.6. The number of hydrogen-bond acceptors (Lipinski definition) is 4. The third-order valence-electron chi connectivity index (χ3n) is 5.17. The molecule has 156 valence electrons. The quantitative estimate of drug-likeness (QED) is 0.699. The van der Waals surface area contributed by atoms with E-state index in [1.807, 2.05) is 18.2 Å². The molecule has 2 aromatic rings. The predicted octanol–water partition coefficient (Wildman–Crippen LogP) is 2.59. The fourth-order valence-corrected chi connectivity index (χ4v) is 4.44. The molecule has 3 rings (SSSR count). The molecule has 29 heavy (non-hydrogen) atoms. The molecule has 0 aliphatic carbocycles. The van der Waals surface area contributed by atoms with Gasteiger partial charge in [-0.15, -0.1) is 0 Å². The van der Waals surface area contributed by atoms with Gasteiger partial charge in [-0.1, -0.05) is 41.9 Å². The second-order valence-corrected chi connectivity index (χ2v) is 9.86. The molecule has 0 spiro atoms. The Morgan fingerprint density at radius 1 is 1.03 bits per heavy atom. The van der Waals surface area contributed by atoms with E-state index in [0.717, 1.165) is 30.4 Å².